The van der Waals surface area contributed by atoms with Crippen molar-refractivity contribution >= 4 is 28.7 Å². The molecule has 1 amide bonds. The van der Waals surface area contributed by atoms with Gasteiger partial charge in [0, 0.05) is 36.5 Å². The Labute approximate surface area is 228 Å². The van der Waals surface area contributed by atoms with Crippen LogP contribution in [0.2, 0.25) is 0 Å². The number of carbonyl (C=O) groups is 1. The number of amides is 1. The highest BCUT2D eigenvalue weighted by Gasteiger charge is 2.36. The predicted molar refractivity (Wildman–Crippen MR) is 153 cm³/mol. The van der Waals surface area contributed by atoms with Gasteiger partial charge in [0.15, 0.2) is 0 Å². The molecule has 3 aromatic carbocycles. The third-order valence-electron chi connectivity index (χ3n) is 8.00. The highest BCUT2D eigenvalue weighted by Crippen LogP contribution is 2.38. The van der Waals surface area contributed by atoms with Crippen LogP contribution in [0.3, 0.4) is 0 Å². The van der Waals surface area contributed by atoms with E-state index in [1.807, 2.05) is 24.3 Å². The molecule has 2 fully saturated rings. The maximum Gasteiger partial charge on any atom is 0.269 e. The van der Waals surface area contributed by atoms with Crippen LogP contribution in [0.25, 0.3) is 0 Å². The molecule has 1 N–H and O–H groups in total. The lowest BCUT2D eigenvalue weighted by molar-refractivity contribution is -0.384. The van der Waals surface area contributed by atoms with E-state index in [0.29, 0.717) is 17.0 Å². The molecule has 3 aliphatic rings. The molecule has 0 aromatic heterocycles. The van der Waals surface area contributed by atoms with Gasteiger partial charge >= 0.3 is 0 Å². The number of hydrogen-bond donors (Lipinski definition) is 1. The van der Waals surface area contributed by atoms with E-state index in [9.17, 15) is 14.9 Å². The zero-order valence-electron chi connectivity index (χ0n) is 22.0. The first-order chi connectivity index (χ1) is 19.0. The fourth-order valence-electron chi connectivity index (χ4n) is 5.92. The maximum atomic E-state index is 13.3. The van der Waals surface area contributed by atoms with Crippen molar-refractivity contribution in [2.75, 3.05) is 31.5 Å². The summed E-state index contributed by atoms with van der Waals surface area (Å²) < 4.78 is 0. The minimum Gasteiger partial charge on any atom is -0.325 e. The zero-order chi connectivity index (χ0) is 26.8. The van der Waals surface area contributed by atoms with Crippen molar-refractivity contribution in [3.05, 3.63) is 99.1 Å². The molecule has 0 spiro atoms. The number of anilines is 1. The molecule has 3 heterocycles. The lowest BCUT2D eigenvalue weighted by Crippen LogP contribution is -2.22. The Kier molecular flexibility index (Phi) is 7.22. The van der Waals surface area contributed by atoms with E-state index in [-0.39, 0.29) is 11.6 Å². The summed E-state index contributed by atoms with van der Waals surface area (Å²) in [6.45, 7) is 6.36. The fraction of sp³-hybridized carbons (Fsp3) is 0.355. The topological polar surface area (TPSA) is 91.1 Å². The van der Waals surface area contributed by atoms with E-state index in [2.05, 4.69) is 39.4 Å². The number of likely N-dealkylation sites (tertiary alicyclic amines) is 2. The van der Waals surface area contributed by atoms with E-state index in [1.54, 1.807) is 6.07 Å². The molecule has 6 rings (SSSR count). The standard InChI is InChI=1S/C31H33N5O3/c37-31-29(27-19-26(36(38)39)13-14-28(27)33-31)30(24-9-5-22(6-10-24)20-34-15-1-2-16-34)32-25-11-7-23(8-12-25)21-35-17-3-4-18-35/h5-14,19,29H,1-4,15-18,20-21H2,(H,33,37). The molecule has 0 radical (unpaired) electrons. The van der Waals surface area contributed by atoms with E-state index in [0.717, 1.165) is 50.5 Å². The number of fused-ring (bicyclic) bond motifs is 1. The fourth-order valence-corrected chi connectivity index (χ4v) is 5.92. The van der Waals surface area contributed by atoms with Gasteiger partial charge in [-0.3, -0.25) is 29.7 Å². The van der Waals surface area contributed by atoms with Crippen molar-refractivity contribution < 1.29 is 9.72 Å². The van der Waals surface area contributed by atoms with Crippen LogP contribution >= 0.6 is 0 Å². The van der Waals surface area contributed by atoms with Gasteiger partial charge in [-0.1, -0.05) is 36.4 Å². The number of carbonyl (C=O) groups excluding carboxylic acids is 1. The maximum absolute atomic E-state index is 13.3. The first-order valence-electron chi connectivity index (χ1n) is 13.8. The second kappa shape index (κ2) is 11.1. The van der Waals surface area contributed by atoms with Gasteiger partial charge in [0.05, 0.1) is 16.3 Å². The summed E-state index contributed by atoms with van der Waals surface area (Å²) in [6.07, 6.45) is 5.00. The molecule has 3 aliphatic heterocycles. The molecule has 3 aromatic rings. The molecule has 1 atom stereocenters. The number of non-ortho nitro benzene ring substituents is 1. The number of nitro groups is 1. The number of aliphatic imine (C=N–C) groups is 1. The Balaban J connectivity index is 1.35. The number of nitrogens with zero attached hydrogens (tertiary/aromatic N) is 4. The van der Waals surface area contributed by atoms with Crippen molar-refractivity contribution in [2.24, 2.45) is 4.99 Å². The highest BCUT2D eigenvalue weighted by atomic mass is 16.6. The lowest BCUT2D eigenvalue weighted by Gasteiger charge is -2.17. The normalized spacial score (nSPS) is 19.8. The second-order valence-electron chi connectivity index (χ2n) is 10.8. The molecule has 2 saturated heterocycles. The zero-order valence-corrected chi connectivity index (χ0v) is 22.0. The van der Waals surface area contributed by atoms with Crippen molar-refractivity contribution in [3.8, 4) is 0 Å². The van der Waals surface area contributed by atoms with Crippen LogP contribution in [0, 0.1) is 10.1 Å². The minimum absolute atomic E-state index is 0.0400. The Morgan fingerprint density at radius 2 is 1.41 bits per heavy atom. The summed E-state index contributed by atoms with van der Waals surface area (Å²) in [4.78, 5) is 34.3. The van der Waals surface area contributed by atoms with Gasteiger partial charge in [-0.2, -0.15) is 0 Å². The van der Waals surface area contributed by atoms with Crippen LogP contribution in [0.1, 0.15) is 53.9 Å². The van der Waals surface area contributed by atoms with Gasteiger partial charge in [0.1, 0.15) is 5.92 Å². The largest absolute Gasteiger partial charge is 0.325 e. The number of nitro benzene ring substituents is 1. The molecule has 1 unspecified atom stereocenters. The molecular formula is C31H33N5O3. The van der Waals surface area contributed by atoms with Crippen LogP contribution in [0.15, 0.2) is 71.7 Å². The first-order valence-corrected chi connectivity index (χ1v) is 13.8. The number of rotatable bonds is 8. The number of benzene rings is 3. The molecule has 0 saturated carbocycles. The second-order valence-corrected chi connectivity index (χ2v) is 10.8. The van der Waals surface area contributed by atoms with Crippen molar-refractivity contribution in [1.29, 1.82) is 0 Å². The molecule has 8 nitrogen and oxygen atoms in total. The Morgan fingerprint density at radius 3 is 1.97 bits per heavy atom. The third-order valence-corrected chi connectivity index (χ3v) is 8.00. The summed E-state index contributed by atoms with van der Waals surface area (Å²) in [5.41, 5.74) is 5.77. The molecule has 8 heteroatoms. The molecular weight excluding hydrogens is 490 g/mol. The van der Waals surface area contributed by atoms with E-state index in [1.165, 1.54) is 48.9 Å². The summed E-state index contributed by atoms with van der Waals surface area (Å²) in [5, 5.41) is 14.4. The first kappa shape index (κ1) is 25.4. The SMILES string of the molecule is O=C1Nc2ccc([N+](=O)[O-])cc2C1C(=Nc1ccc(CN2CCCC2)cc1)c1ccc(CN2CCCC2)cc1. The molecule has 0 bridgehead atoms. The Hall–Kier alpha value is -3.88. The third kappa shape index (κ3) is 5.62. The summed E-state index contributed by atoms with van der Waals surface area (Å²) >= 11 is 0. The molecule has 39 heavy (non-hydrogen) atoms. The summed E-state index contributed by atoms with van der Waals surface area (Å²) in [7, 11) is 0. The van der Waals surface area contributed by atoms with E-state index < -0.39 is 10.8 Å². The monoisotopic (exact) mass is 523 g/mol. The molecule has 200 valence electrons. The van der Waals surface area contributed by atoms with Gasteiger partial charge in [-0.05, 0) is 86.8 Å². The Bertz CT molecular complexity index is 1390. The van der Waals surface area contributed by atoms with Gasteiger partial charge in [0.25, 0.3) is 5.69 Å². The number of hydrogen-bond acceptors (Lipinski definition) is 6. The van der Waals surface area contributed by atoms with E-state index >= 15 is 0 Å². The van der Waals surface area contributed by atoms with Crippen LogP contribution < -0.4 is 5.32 Å². The summed E-state index contributed by atoms with van der Waals surface area (Å²) in [6, 6.07) is 21.0. The quantitative estimate of drug-likeness (QED) is 0.234. The van der Waals surface area contributed by atoms with Crippen molar-refractivity contribution in [2.45, 2.75) is 44.7 Å². The highest BCUT2D eigenvalue weighted by molar-refractivity contribution is 6.24. The van der Waals surface area contributed by atoms with Gasteiger partial charge in [0.2, 0.25) is 5.91 Å². The molecule has 0 aliphatic carbocycles. The van der Waals surface area contributed by atoms with Crippen LogP contribution in [0.5, 0.6) is 0 Å². The smallest absolute Gasteiger partial charge is 0.269 e. The van der Waals surface area contributed by atoms with Crippen LogP contribution in [-0.4, -0.2) is 52.5 Å². The van der Waals surface area contributed by atoms with Gasteiger partial charge in [-0.15, -0.1) is 0 Å². The average molecular weight is 524 g/mol. The minimum atomic E-state index is -0.742. The Morgan fingerprint density at radius 1 is 0.846 bits per heavy atom. The van der Waals surface area contributed by atoms with E-state index in [4.69, 9.17) is 4.99 Å². The van der Waals surface area contributed by atoms with Crippen LogP contribution in [0.4, 0.5) is 17.1 Å². The van der Waals surface area contributed by atoms with Gasteiger partial charge in [-0.25, -0.2) is 0 Å². The van der Waals surface area contributed by atoms with Crippen molar-refractivity contribution in [3.63, 3.8) is 0 Å². The van der Waals surface area contributed by atoms with Crippen molar-refractivity contribution in [1.82, 2.24) is 9.80 Å². The average Bonchev–Trinajstić information content (AvgIpc) is 3.70. The van der Waals surface area contributed by atoms with Gasteiger partial charge < -0.3 is 5.32 Å². The predicted octanol–water partition coefficient (Wildman–Crippen LogP) is 5.64. The number of nitrogens with one attached hydrogen (secondary N) is 1. The lowest BCUT2D eigenvalue weighted by atomic mass is 9.90. The summed E-state index contributed by atoms with van der Waals surface area (Å²) in [5.74, 6) is -0.968. The van der Waals surface area contributed by atoms with Crippen LogP contribution in [-0.2, 0) is 17.9 Å².